The molecule has 1 aromatic carbocycles. The van der Waals surface area contributed by atoms with Crippen molar-refractivity contribution in [2.24, 2.45) is 0 Å². The summed E-state index contributed by atoms with van der Waals surface area (Å²) in [6.45, 7) is 2.53. The van der Waals surface area contributed by atoms with Crippen molar-refractivity contribution in [3.63, 3.8) is 0 Å². The van der Waals surface area contributed by atoms with Gasteiger partial charge in [-0.25, -0.2) is 4.79 Å². The molecule has 16 heavy (non-hydrogen) atoms. The first-order chi connectivity index (χ1) is 7.63. The zero-order chi connectivity index (χ0) is 12.1. The SMILES string of the molecule is CCNc1cc(O)c(OC)cc1C(=O)OC. The Labute approximate surface area is 94.0 Å². The predicted octanol–water partition coefficient (Wildman–Crippen LogP) is 1.62. The number of hydrogen-bond acceptors (Lipinski definition) is 5. The van der Waals surface area contributed by atoms with Crippen LogP contribution in [0.1, 0.15) is 17.3 Å². The van der Waals surface area contributed by atoms with Crippen LogP contribution in [0, 0.1) is 0 Å². The first kappa shape index (κ1) is 12.2. The van der Waals surface area contributed by atoms with E-state index in [9.17, 15) is 9.90 Å². The summed E-state index contributed by atoms with van der Waals surface area (Å²) in [7, 11) is 2.72. The molecule has 1 aromatic rings. The number of aromatic hydroxyl groups is 1. The average molecular weight is 225 g/mol. The first-order valence-electron chi connectivity index (χ1n) is 4.87. The second-order valence-corrected chi connectivity index (χ2v) is 3.09. The van der Waals surface area contributed by atoms with E-state index in [2.05, 4.69) is 10.1 Å². The van der Waals surface area contributed by atoms with Crippen molar-refractivity contribution in [1.29, 1.82) is 0 Å². The van der Waals surface area contributed by atoms with E-state index in [1.54, 1.807) is 0 Å². The number of methoxy groups -OCH3 is 2. The number of carbonyl (C=O) groups excluding carboxylic acids is 1. The van der Waals surface area contributed by atoms with Crippen molar-refractivity contribution in [2.75, 3.05) is 26.1 Å². The molecular formula is C11H15NO4. The van der Waals surface area contributed by atoms with Gasteiger partial charge in [0.25, 0.3) is 0 Å². The number of phenols is 1. The van der Waals surface area contributed by atoms with Gasteiger partial charge in [-0.15, -0.1) is 0 Å². The minimum Gasteiger partial charge on any atom is -0.504 e. The van der Waals surface area contributed by atoms with Crippen molar-refractivity contribution in [1.82, 2.24) is 0 Å². The molecule has 0 heterocycles. The third kappa shape index (κ3) is 2.36. The molecule has 0 spiro atoms. The maximum Gasteiger partial charge on any atom is 0.340 e. The smallest absolute Gasteiger partial charge is 0.340 e. The summed E-state index contributed by atoms with van der Waals surface area (Å²) < 4.78 is 9.57. The minimum absolute atomic E-state index is 0.0221. The van der Waals surface area contributed by atoms with Gasteiger partial charge in [0.2, 0.25) is 0 Å². The van der Waals surface area contributed by atoms with Gasteiger partial charge >= 0.3 is 5.97 Å². The van der Waals surface area contributed by atoms with Gasteiger partial charge in [0.1, 0.15) is 0 Å². The summed E-state index contributed by atoms with van der Waals surface area (Å²) in [5.74, 6) is -0.262. The van der Waals surface area contributed by atoms with E-state index in [-0.39, 0.29) is 11.5 Å². The Hall–Kier alpha value is -1.91. The lowest BCUT2D eigenvalue weighted by Gasteiger charge is -2.12. The Bertz CT molecular complexity index is 390. The highest BCUT2D eigenvalue weighted by molar-refractivity contribution is 5.96. The van der Waals surface area contributed by atoms with E-state index in [0.29, 0.717) is 17.8 Å². The third-order valence-electron chi connectivity index (χ3n) is 2.09. The van der Waals surface area contributed by atoms with Gasteiger partial charge in [0.15, 0.2) is 11.5 Å². The number of benzene rings is 1. The first-order valence-corrected chi connectivity index (χ1v) is 4.87. The van der Waals surface area contributed by atoms with Crippen LogP contribution in [-0.2, 0) is 4.74 Å². The van der Waals surface area contributed by atoms with Crippen LogP contribution in [0.15, 0.2) is 12.1 Å². The monoisotopic (exact) mass is 225 g/mol. The van der Waals surface area contributed by atoms with E-state index in [0.717, 1.165) is 0 Å². The van der Waals surface area contributed by atoms with Crippen LogP contribution >= 0.6 is 0 Å². The Balaban J connectivity index is 3.24. The number of hydrogen-bond donors (Lipinski definition) is 2. The van der Waals surface area contributed by atoms with Crippen LogP contribution in [0.2, 0.25) is 0 Å². The molecule has 0 atom stereocenters. The summed E-state index contributed by atoms with van der Waals surface area (Å²) in [6.07, 6.45) is 0. The normalized spacial score (nSPS) is 9.69. The molecule has 0 saturated heterocycles. The Morgan fingerprint density at radius 2 is 2.12 bits per heavy atom. The molecule has 0 aliphatic heterocycles. The van der Waals surface area contributed by atoms with E-state index in [1.807, 2.05) is 6.92 Å². The fourth-order valence-electron chi connectivity index (χ4n) is 1.35. The van der Waals surface area contributed by atoms with Crippen LogP contribution in [-0.4, -0.2) is 31.8 Å². The number of phenolic OH excluding ortho intramolecular Hbond substituents is 1. The third-order valence-corrected chi connectivity index (χ3v) is 2.09. The molecule has 0 aliphatic rings. The molecule has 2 N–H and O–H groups in total. The van der Waals surface area contributed by atoms with Gasteiger partial charge in [0, 0.05) is 18.7 Å². The Morgan fingerprint density at radius 3 is 2.62 bits per heavy atom. The number of rotatable bonds is 4. The fraction of sp³-hybridized carbons (Fsp3) is 0.364. The highest BCUT2D eigenvalue weighted by atomic mass is 16.5. The Kier molecular flexibility index (Phi) is 3.99. The average Bonchev–Trinajstić information content (AvgIpc) is 2.29. The summed E-state index contributed by atoms with van der Waals surface area (Å²) in [5, 5.41) is 12.5. The molecule has 0 fully saturated rings. The largest absolute Gasteiger partial charge is 0.504 e. The van der Waals surface area contributed by atoms with E-state index in [4.69, 9.17) is 4.74 Å². The van der Waals surface area contributed by atoms with Crippen LogP contribution in [0.25, 0.3) is 0 Å². The summed E-state index contributed by atoms with van der Waals surface area (Å²) in [5.41, 5.74) is 0.853. The molecule has 0 aliphatic carbocycles. The molecule has 0 amide bonds. The molecule has 5 heteroatoms. The van der Waals surface area contributed by atoms with Crippen LogP contribution < -0.4 is 10.1 Å². The lowest BCUT2D eigenvalue weighted by atomic mass is 10.1. The van der Waals surface area contributed by atoms with Crippen molar-refractivity contribution in [2.45, 2.75) is 6.92 Å². The van der Waals surface area contributed by atoms with Crippen molar-refractivity contribution < 1.29 is 19.4 Å². The molecule has 5 nitrogen and oxygen atoms in total. The Morgan fingerprint density at radius 1 is 1.44 bits per heavy atom. The molecule has 1 rings (SSSR count). The van der Waals surface area contributed by atoms with Crippen molar-refractivity contribution in [3.8, 4) is 11.5 Å². The topological polar surface area (TPSA) is 67.8 Å². The van der Waals surface area contributed by atoms with Crippen molar-refractivity contribution >= 4 is 11.7 Å². The van der Waals surface area contributed by atoms with Crippen molar-refractivity contribution in [3.05, 3.63) is 17.7 Å². The summed E-state index contributed by atoms with van der Waals surface area (Å²) in [4.78, 5) is 11.5. The number of nitrogens with one attached hydrogen (secondary N) is 1. The van der Waals surface area contributed by atoms with E-state index < -0.39 is 5.97 Å². The lowest BCUT2D eigenvalue weighted by Crippen LogP contribution is -2.08. The second kappa shape index (κ2) is 5.25. The van der Waals surface area contributed by atoms with Crippen LogP contribution in [0.4, 0.5) is 5.69 Å². The van der Waals surface area contributed by atoms with Gasteiger partial charge in [-0.3, -0.25) is 0 Å². The maximum absolute atomic E-state index is 11.5. The van der Waals surface area contributed by atoms with Gasteiger partial charge in [-0.2, -0.15) is 0 Å². The molecular weight excluding hydrogens is 210 g/mol. The fourth-order valence-corrected chi connectivity index (χ4v) is 1.35. The van der Waals surface area contributed by atoms with E-state index in [1.165, 1.54) is 26.4 Å². The maximum atomic E-state index is 11.5. The minimum atomic E-state index is -0.478. The quantitative estimate of drug-likeness (QED) is 0.762. The second-order valence-electron chi connectivity index (χ2n) is 3.09. The van der Waals surface area contributed by atoms with Gasteiger partial charge in [0.05, 0.1) is 25.5 Å². The summed E-state index contributed by atoms with van der Waals surface area (Å²) >= 11 is 0. The molecule has 88 valence electrons. The number of esters is 1. The predicted molar refractivity (Wildman–Crippen MR) is 60.2 cm³/mol. The van der Waals surface area contributed by atoms with Crippen LogP contribution in [0.3, 0.4) is 0 Å². The highest BCUT2D eigenvalue weighted by Gasteiger charge is 2.15. The molecule has 0 saturated carbocycles. The number of ether oxygens (including phenoxy) is 2. The molecule has 0 radical (unpaired) electrons. The standard InChI is InChI=1S/C11H15NO4/c1-4-12-8-6-9(13)10(15-2)5-7(8)11(14)16-3/h5-6,12-13H,4H2,1-3H3. The zero-order valence-electron chi connectivity index (χ0n) is 9.53. The van der Waals surface area contributed by atoms with E-state index >= 15 is 0 Å². The molecule has 0 aromatic heterocycles. The van der Waals surface area contributed by atoms with Gasteiger partial charge in [-0.05, 0) is 6.92 Å². The summed E-state index contributed by atoms with van der Waals surface area (Å²) in [6, 6.07) is 2.88. The number of anilines is 1. The van der Waals surface area contributed by atoms with Gasteiger partial charge < -0.3 is 19.9 Å². The zero-order valence-corrected chi connectivity index (χ0v) is 9.53. The lowest BCUT2D eigenvalue weighted by molar-refractivity contribution is 0.0601. The molecule has 0 unspecified atom stereocenters. The van der Waals surface area contributed by atoms with Gasteiger partial charge in [-0.1, -0.05) is 0 Å². The highest BCUT2D eigenvalue weighted by Crippen LogP contribution is 2.32. The van der Waals surface area contributed by atoms with Crippen LogP contribution in [0.5, 0.6) is 11.5 Å². The molecule has 0 bridgehead atoms. The number of carbonyl (C=O) groups is 1.